The van der Waals surface area contributed by atoms with E-state index in [1.807, 2.05) is 4.90 Å². The molecule has 0 radical (unpaired) electrons. The molecule has 0 saturated carbocycles. The van der Waals surface area contributed by atoms with Crippen LogP contribution in [0, 0.1) is 22.9 Å². The number of aliphatic hydroxyl groups excluding tert-OH is 1. The van der Waals surface area contributed by atoms with Crippen molar-refractivity contribution in [1.82, 2.24) is 9.88 Å². The number of carboxylic acids is 1. The first kappa shape index (κ1) is 29.1. The van der Waals surface area contributed by atoms with E-state index in [9.17, 15) is 28.2 Å². The van der Waals surface area contributed by atoms with Gasteiger partial charge in [0.1, 0.15) is 29.4 Å². The molecule has 1 fully saturated rings. The summed E-state index contributed by atoms with van der Waals surface area (Å²) in [5, 5.41) is 20.4. The highest BCUT2D eigenvalue weighted by Crippen LogP contribution is 2.41. The van der Waals surface area contributed by atoms with E-state index in [1.54, 1.807) is 18.2 Å². The van der Waals surface area contributed by atoms with Gasteiger partial charge < -0.3 is 19.8 Å². The number of methoxy groups -OCH3 is 1. The second kappa shape index (κ2) is 12.5. The van der Waals surface area contributed by atoms with Crippen molar-refractivity contribution in [3.63, 3.8) is 0 Å². The molecule has 2 N–H and O–H groups in total. The second-order valence-electron chi connectivity index (χ2n) is 9.72. The van der Waals surface area contributed by atoms with Crippen molar-refractivity contribution >= 4 is 28.6 Å². The number of hydrogen-bond donors (Lipinski definition) is 2. The normalized spacial score (nSPS) is 16.4. The van der Waals surface area contributed by atoms with Gasteiger partial charge in [0.25, 0.3) is 0 Å². The number of pyridine rings is 1. The summed E-state index contributed by atoms with van der Waals surface area (Å²) in [4.78, 5) is 18.4. The smallest absolute Gasteiger partial charge is 0.309 e. The zero-order chi connectivity index (χ0) is 28.2. The summed E-state index contributed by atoms with van der Waals surface area (Å²) in [6.45, 7) is 0.941. The van der Waals surface area contributed by atoms with Crippen molar-refractivity contribution in [1.29, 1.82) is 0 Å². The number of piperidine rings is 1. The predicted molar refractivity (Wildman–Crippen MR) is 140 cm³/mol. The molecule has 39 heavy (non-hydrogen) atoms. The number of rotatable bonds is 11. The van der Waals surface area contributed by atoms with Crippen LogP contribution in [0.25, 0.3) is 10.9 Å². The number of carbonyl (C=O) groups is 1. The third-order valence-electron chi connectivity index (χ3n) is 7.44. The van der Waals surface area contributed by atoms with Gasteiger partial charge in [-0.15, -0.1) is 11.8 Å². The molecule has 1 aromatic heterocycles. The average molecular weight is 567 g/mol. The number of aromatic nitrogens is 1. The number of hydrogen-bond acceptors (Lipinski definition) is 6. The highest BCUT2D eigenvalue weighted by molar-refractivity contribution is 7.99. The van der Waals surface area contributed by atoms with Crippen LogP contribution in [-0.2, 0) is 11.4 Å². The lowest BCUT2D eigenvalue weighted by atomic mass is 9.74. The Morgan fingerprint density at radius 3 is 2.49 bits per heavy atom. The van der Waals surface area contributed by atoms with E-state index < -0.39 is 41.6 Å². The number of alkyl halides is 1. The Morgan fingerprint density at radius 2 is 1.87 bits per heavy atom. The number of halogens is 4. The summed E-state index contributed by atoms with van der Waals surface area (Å²) in [5.41, 5.74) is 0.0686. The van der Waals surface area contributed by atoms with Crippen molar-refractivity contribution in [2.24, 2.45) is 5.41 Å². The molecule has 6 nitrogen and oxygen atoms in total. The molecular formula is C28H30F4N2O4S. The number of carboxylic acid groups (broad SMARTS) is 1. The van der Waals surface area contributed by atoms with Gasteiger partial charge in [-0.05, 0) is 57.0 Å². The first-order valence-electron chi connectivity index (χ1n) is 12.6. The number of nitrogens with zero attached hydrogens (tertiary/aromatic N) is 2. The molecule has 0 aliphatic carbocycles. The van der Waals surface area contributed by atoms with Crippen LogP contribution in [0.2, 0.25) is 0 Å². The number of ether oxygens (including phenoxy) is 1. The first-order chi connectivity index (χ1) is 18.7. The molecule has 2 aromatic carbocycles. The van der Waals surface area contributed by atoms with E-state index in [4.69, 9.17) is 4.74 Å². The van der Waals surface area contributed by atoms with Crippen molar-refractivity contribution in [3.8, 4) is 5.75 Å². The number of likely N-dealkylation sites (tertiary alicyclic amines) is 1. The molecule has 1 aliphatic heterocycles. The fraction of sp³-hybridized carbons (Fsp3) is 0.429. The van der Waals surface area contributed by atoms with Crippen molar-refractivity contribution in [2.45, 2.75) is 43.4 Å². The van der Waals surface area contributed by atoms with Gasteiger partial charge in [-0.3, -0.25) is 9.78 Å². The Hall–Kier alpha value is -2.89. The van der Waals surface area contributed by atoms with E-state index in [0.717, 1.165) is 11.8 Å². The second-order valence-corrected chi connectivity index (χ2v) is 10.8. The lowest BCUT2D eigenvalue weighted by molar-refractivity contribution is -0.153. The fourth-order valence-corrected chi connectivity index (χ4v) is 6.07. The van der Waals surface area contributed by atoms with E-state index >= 15 is 4.39 Å². The molecule has 0 bridgehead atoms. The largest absolute Gasteiger partial charge is 0.497 e. The van der Waals surface area contributed by atoms with Crippen molar-refractivity contribution in [2.75, 3.05) is 32.5 Å². The number of aliphatic hydroxyl groups is 1. The van der Waals surface area contributed by atoms with E-state index in [1.165, 1.54) is 13.3 Å². The van der Waals surface area contributed by atoms with E-state index in [0.29, 0.717) is 72.6 Å². The molecule has 4 rings (SSSR count). The lowest BCUT2D eigenvalue weighted by Crippen LogP contribution is -2.45. The van der Waals surface area contributed by atoms with Gasteiger partial charge in [0, 0.05) is 47.1 Å². The summed E-state index contributed by atoms with van der Waals surface area (Å²) >= 11 is 0.942. The lowest BCUT2D eigenvalue weighted by Gasteiger charge is -2.39. The van der Waals surface area contributed by atoms with Crippen LogP contribution < -0.4 is 4.74 Å². The zero-order valence-electron chi connectivity index (χ0n) is 21.4. The maximum absolute atomic E-state index is 15.8. The summed E-state index contributed by atoms with van der Waals surface area (Å²) in [6.07, 6.45) is 0.582. The molecule has 11 heteroatoms. The van der Waals surface area contributed by atoms with Gasteiger partial charge in [0.05, 0.1) is 29.5 Å². The summed E-state index contributed by atoms with van der Waals surface area (Å²) in [6, 6.07) is 6.36. The van der Waals surface area contributed by atoms with Gasteiger partial charge in [0.2, 0.25) is 0 Å². The third kappa shape index (κ3) is 6.47. The number of aliphatic carboxylic acids is 1. The van der Waals surface area contributed by atoms with Crippen LogP contribution in [0.15, 0.2) is 41.4 Å². The van der Waals surface area contributed by atoms with Crippen LogP contribution in [0.4, 0.5) is 17.6 Å². The maximum atomic E-state index is 15.8. The molecule has 210 valence electrons. The van der Waals surface area contributed by atoms with Crippen molar-refractivity contribution < 1.29 is 37.3 Å². The Labute approximate surface area is 228 Å². The van der Waals surface area contributed by atoms with Crippen LogP contribution in [-0.4, -0.2) is 58.6 Å². The quantitative estimate of drug-likeness (QED) is 0.221. The molecule has 1 unspecified atom stereocenters. The minimum absolute atomic E-state index is 0.0470. The minimum Gasteiger partial charge on any atom is -0.497 e. The van der Waals surface area contributed by atoms with Crippen LogP contribution in [0.3, 0.4) is 0 Å². The van der Waals surface area contributed by atoms with E-state index in [-0.39, 0.29) is 23.3 Å². The number of thioether (sulfide) groups is 1. The molecule has 0 spiro atoms. The number of fused-ring (bicyclic) bond motifs is 1. The molecule has 2 heterocycles. The standard InChI is InChI=1S/C28H30F4N2O4S/c1-38-19-2-3-24-20(14-19)25(17(16-35)15-33-24)21(30)4-5-28(27(36)37)6-8-34(9-7-28)10-11-39-26-22(31)12-18(29)13-23(26)32/h2-3,12-15,21,35H,4-11,16H2,1H3,(H,36,37). The topological polar surface area (TPSA) is 82.9 Å². The minimum atomic E-state index is -1.52. The van der Waals surface area contributed by atoms with Gasteiger partial charge in [0.15, 0.2) is 0 Å². The third-order valence-corrected chi connectivity index (χ3v) is 8.51. The van der Waals surface area contributed by atoms with Gasteiger partial charge in [-0.1, -0.05) is 0 Å². The monoisotopic (exact) mass is 566 g/mol. The highest BCUT2D eigenvalue weighted by atomic mass is 32.2. The fourth-order valence-electron chi connectivity index (χ4n) is 5.12. The molecule has 1 saturated heterocycles. The first-order valence-corrected chi connectivity index (χ1v) is 13.6. The summed E-state index contributed by atoms with van der Waals surface area (Å²) in [5.74, 6) is -3.00. The van der Waals surface area contributed by atoms with Crippen LogP contribution >= 0.6 is 11.8 Å². The molecule has 1 atom stereocenters. The van der Waals surface area contributed by atoms with E-state index in [2.05, 4.69) is 4.98 Å². The van der Waals surface area contributed by atoms with Crippen LogP contribution in [0.1, 0.15) is 43.0 Å². The van der Waals surface area contributed by atoms with Crippen LogP contribution in [0.5, 0.6) is 5.75 Å². The van der Waals surface area contributed by atoms with Crippen molar-refractivity contribution in [3.05, 3.63) is 65.1 Å². The SMILES string of the molecule is COc1ccc2ncc(CO)c(C(F)CCC3(C(=O)O)CCN(CCSc4c(F)cc(F)cc4F)CC3)c2c1. The average Bonchev–Trinajstić information content (AvgIpc) is 2.92. The predicted octanol–water partition coefficient (Wildman–Crippen LogP) is 5.90. The summed E-state index contributed by atoms with van der Waals surface area (Å²) < 4.78 is 61.9. The zero-order valence-corrected chi connectivity index (χ0v) is 22.2. The Morgan fingerprint density at radius 1 is 1.18 bits per heavy atom. The maximum Gasteiger partial charge on any atom is 0.309 e. The van der Waals surface area contributed by atoms with Gasteiger partial charge in [-0.25, -0.2) is 17.6 Å². The Bertz CT molecular complexity index is 1310. The molecule has 1 aliphatic rings. The molecule has 3 aromatic rings. The Balaban J connectivity index is 1.39. The molecular weight excluding hydrogens is 536 g/mol. The summed E-state index contributed by atoms with van der Waals surface area (Å²) in [7, 11) is 1.50. The number of benzene rings is 2. The van der Waals surface area contributed by atoms with Gasteiger partial charge in [-0.2, -0.15) is 0 Å². The molecule has 0 amide bonds. The highest BCUT2D eigenvalue weighted by Gasteiger charge is 2.41. The Kier molecular flexibility index (Phi) is 9.35. The van der Waals surface area contributed by atoms with Gasteiger partial charge >= 0.3 is 5.97 Å².